The van der Waals surface area contributed by atoms with E-state index in [1.807, 2.05) is 58.0 Å². The quantitative estimate of drug-likeness (QED) is 0.240. The van der Waals surface area contributed by atoms with E-state index in [4.69, 9.17) is 0 Å². The third kappa shape index (κ3) is 14.4. The molecule has 1 rings (SSSR count). The summed E-state index contributed by atoms with van der Waals surface area (Å²) in [6, 6.07) is 8.20. The van der Waals surface area contributed by atoms with Crippen LogP contribution in [0.5, 0.6) is 0 Å². The monoisotopic (exact) mass is 489 g/mol. The summed E-state index contributed by atoms with van der Waals surface area (Å²) >= 11 is 0. The van der Waals surface area contributed by atoms with E-state index in [1.54, 1.807) is 0 Å². The maximum atomic E-state index is 12.7. The summed E-state index contributed by atoms with van der Waals surface area (Å²) in [6.45, 7) is 7.64. The van der Waals surface area contributed by atoms with Crippen molar-refractivity contribution in [2.45, 2.75) is 53.0 Å². The van der Waals surface area contributed by atoms with Crippen LogP contribution in [0.2, 0.25) is 0 Å². The molecule has 0 fully saturated rings. The average molecular weight is 490 g/mol. The molecular weight excluding hydrogens is 450 g/mol. The Labute approximate surface area is 207 Å². The minimum atomic E-state index is -0.935. The highest BCUT2D eigenvalue weighted by Crippen LogP contribution is 2.04. The number of amides is 5. The van der Waals surface area contributed by atoms with Gasteiger partial charge in [-0.05, 0) is 23.8 Å². The lowest BCUT2D eigenvalue weighted by molar-refractivity contribution is -0.131. The molecule has 0 aliphatic rings. The van der Waals surface area contributed by atoms with Crippen molar-refractivity contribution in [3.05, 3.63) is 35.9 Å². The fourth-order valence-corrected chi connectivity index (χ4v) is 2.90. The van der Waals surface area contributed by atoms with Crippen LogP contribution < -0.4 is 26.6 Å². The predicted molar refractivity (Wildman–Crippen MR) is 133 cm³/mol. The molecule has 0 saturated heterocycles. The lowest BCUT2D eigenvalue weighted by Gasteiger charge is -2.19. The first-order valence-electron chi connectivity index (χ1n) is 12.0. The van der Waals surface area contributed by atoms with Gasteiger partial charge in [-0.1, -0.05) is 58.0 Å². The summed E-state index contributed by atoms with van der Waals surface area (Å²) in [5.41, 5.74) is 0.824. The van der Waals surface area contributed by atoms with E-state index < -0.39 is 23.8 Å². The molecule has 35 heavy (non-hydrogen) atoms. The van der Waals surface area contributed by atoms with Gasteiger partial charge in [0.25, 0.3) is 0 Å². The first kappa shape index (κ1) is 29.6. The van der Waals surface area contributed by atoms with E-state index in [0.29, 0.717) is 18.9 Å². The number of carbonyl (C=O) groups excluding carboxylic acids is 5. The summed E-state index contributed by atoms with van der Waals surface area (Å²) in [6.07, 6.45) is 1.27. The Balaban J connectivity index is 2.56. The van der Waals surface area contributed by atoms with Gasteiger partial charge in [-0.15, -0.1) is 0 Å². The van der Waals surface area contributed by atoms with E-state index in [0.717, 1.165) is 12.0 Å². The summed E-state index contributed by atoms with van der Waals surface area (Å²) in [4.78, 5) is 60.7. The van der Waals surface area contributed by atoms with Crippen molar-refractivity contribution in [1.29, 1.82) is 0 Å². The van der Waals surface area contributed by atoms with Crippen LogP contribution in [0.3, 0.4) is 0 Å². The Morgan fingerprint density at radius 2 is 1.26 bits per heavy atom. The van der Waals surface area contributed by atoms with Gasteiger partial charge < -0.3 is 26.6 Å². The fraction of sp³-hybridized carbons (Fsp3) is 0.560. The molecule has 1 atom stereocenters. The first-order chi connectivity index (χ1) is 16.6. The molecule has 0 unspecified atom stereocenters. The SMILES string of the molecule is CC(C)CCC(=O)NCC(=O)NCC(=O)N[C@@H](Cc1ccccc1)C(=O)NCC(=O)NCC(C)C. The van der Waals surface area contributed by atoms with Crippen LogP contribution in [-0.4, -0.2) is 61.8 Å². The average Bonchev–Trinajstić information content (AvgIpc) is 2.82. The van der Waals surface area contributed by atoms with Crippen molar-refractivity contribution in [2.75, 3.05) is 26.2 Å². The first-order valence-corrected chi connectivity index (χ1v) is 12.0. The zero-order valence-electron chi connectivity index (χ0n) is 21.1. The van der Waals surface area contributed by atoms with Gasteiger partial charge in [0.2, 0.25) is 29.5 Å². The smallest absolute Gasteiger partial charge is 0.243 e. The standard InChI is InChI=1S/C25H39N5O5/c1-17(2)10-11-21(31)27-14-22(32)28-16-24(34)30-20(12-19-8-6-5-7-9-19)25(35)29-15-23(33)26-13-18(3)4/h5-9,17-18,20H,10-16H2,1-4H3,(H,26,33)(H,27,31)(H,28,32)(H,29,35)(H,30,34)/t20-/m0/s1. The van der Waals surface area contributed by atoms with Crippen molar-refractivity contribution in [1.82, 2.24) is 26.6 Å². The molecule has 0 heterocycles. The molecule has 5 N–H and O–H groups in total. The van der Waals surface area contributed by atoms with Crippen LogP contribution in [0.15, 0.2) is 30.3 Å². The second-order valence-corrected chi connectivity index (χ2v) is 9.21. The Bertz CT molecular complexity index is 842. The number of hydrogen-bond donors (Lipinski definition) is 5. The normalized spacial score (nSPS) is 11.5. The third-order valence-corrected chi connectivity index (χ3v) is 4.91. The highest BCUT2D eigenvalue weighted by atomic mass is 16.2. The largest absolute Gasteiger partial charge is 0.354 e. The molecule has 0 aliphatic heterocycles. The molecule has 0 bridgehead atoms. The molecular formula is C25H39N5O5. The van der Waals surface area contributed by atoms with Gasteiger partial charge >= 0.3 is 0 Å². The van der Waals surface area contributed by atoms with Crippen LogP contribution in [0.4, 0.5) is 0 Å². The Hall–Kier alpha value is -3.43. The Morgan fingerprint density at radius 1 is 0.686 bits per heavy atom. The van der Waals surface area contributed by atoms with E-state index in [9.17, 15) is 24.0 Å². The highest BCUT2D eigenvalue weighted by molar-refractivity contribution is 5.92. The minimum absolute atomic E-state index is 0.208. The van der Waals surface area contributed by atoms with Crippen LogP contribution in [0.25, 0.3) is 0 Å². The molecule has 10 nitrogen and oxygen atoms in total. The van der Waals surface area contributed by atoms with Gasteiger partial charge in [0.15, 0.2) is 0 Å². The van der Waals surface area contributed by atoms with Gasteiger partial charge in [-0.2, -0.15) is 0 Å². The van der Waals surface area contributed by atoms with E-state index in [-0.39, 0.29) is 43.8 Å². The molecule has 5 amide bonds. The van der Waals surface area contributed by atoms with Crippen LogP contribution in [-0.2, 0) is 30.4 Å². The zero-order valence-corrected chi connectivity index (χ0v) is 21.1. The van der Waals surface area contributed by atoms with Crippen molar-refractivity contribution in [2.24, 2.45) is 11.8 Å². The summed E-state index contributed by atoms with van der Waals surface area (Å²) in [7, 11) is 0. The number of nitrogens with one attached hydrogen (secondary N) is 5. The van der Waals surface area contributed by atoms with Gasteiger partial charge in [0, 0.05) is 19.4 Å². The second kappa shape index (κ2) is 16.2. The van der Waals surface area contributed by atoms with Crippen molar-refractivity contribution in [3.63, 3.8) is 0 Å². The van der Waals surface area contributed by atoms with Gasteiger partial charge in [0.1, 0.15) is 6.04 Å². The topological polar surface area (TPSA) is 146 Å². The van der Waals surface area contributed by atoms with Gasteiger partial charge in [-0.3, -0.25) is 24.0 Å². The minimum Gasteiger partial charge on any atom is -0.354 e. The molecule has 0 aromatic heterocycles. The number of benzene rings is 1. The summed E-state index contributed by atoms with van der Waals surface area (Å²) in [5, 5.41) is 12.8. The molecule has 10 heteroatoms. The van der Waals surface area contributed by atoms with Gasteiger partial charge in [-0.25, -0.2) is 0 Å². The summed E-state index contributed by atoms with van der Waals surface area (Å²) < 4.78 is 0. The third-order valence-electron chi connectivity index (χ3n) is 4.91. The Kier molecular flexibility index (Phi) is 13.7. The second-order valence-electron chi connectivity index (χ2n) is 9.21. The van der Waals surface area contributed by atoms with E-state index >= 15 is 0 Å². The molecule has 0 radical (unpaired) electrons. The molecule has 1 aromatic rings. The van der Waals surface area contributed by atoms with Crippen molar-refractivity contribution in [3.8, 4) is 0 Å². The van der Waals surface area contributed by atoms with E-state index in [1.165, 1.54) is 0 Å². The summed E-state index contributed by atoms with van der Waals surface area (Å²) in [5.74, 6) is -1.47. The number of hydrogen-bond acceptors (Lipinski definition) is 5. The molecule has 0 saturated carbocycles. The van der Waals surface area contributed by atoms with Crippen LogP contribution >= 0.6 is 0 Å². The lowest BCUT2D eigenvalue weighted by Crippen LogP contribution is -2.52. The number of rotatable bonds is 15. The van der Waals surface area contributed by atoms with Crippen LogP contribution in [0.1, 0.15) is 46.1 Å². The Morgan fingerprint density at radius 3 is 1.89 bits per heavy atom. The molecule has 0 aliphatic carbocycles. The fourth-order valence-electron chi connectivity index (χ4n) is 2.90. The number of carbonyl (C=O) groups is 5. The van der Waals surface area contributed by atoms with E-state index in [2.05, 4.69) is 26.6 Å². The maximum absolute atomic E-state index is 12.7. The molecule has 1 aromatic carbocycles. The van der Waals surface area contributed by atoms with Crippen LogP contribution in [0, 0.1) is 11.8 Å². The zero-order chi connectivity index (χ0) is 26.2. The maximum Gasteiger partial charge on any atom is 0.243 e. The lowest BCUT2D eigenvalue weighted by atomic mass is 10.1. The molecule has 194 valence electrons. The van der Waals surface area contributed by atoms with Crippen molar-refractivity contribution < 1.29 is 24.0 Å². The molecule has 0 spiro atoms. The predicted octanol–water partition coefficient (Wildman–Crippen LogP) is 0.271. The highest BCUT2D eigenvalue weighted by Gasteiger charge is 2.22. The van der Waals surface area contributed by atoms with Gasteiger partial charge in [0.05, 0.1) is 19.6 Å². The van der Waals surface area contributed by atoms with Crippen molar-refractivity contribution >= 4 is 29.5 Å².